The molecule has 0 amide bonds. The van der Waals surface area contributed by atoms with Gasteiger partial charge in [-0.05, 0) is 18.8 Å². The van der Waals surface area contributed by atoms with E-state index in [4.69, 9.17) is 4.74 Å². The van der Waals surface area contributed by atoms with Crippen molar-refractivity contribution in [1.29, 1.82) is 0 Å². The summed E-state index contributed by atoms with van der Waals surface area (Å²) in [5.74, 6) is 1.18. The fraction of sp³-hybridized carbons (Fsp3) is 1.00. The van der Waals surface area contributed by atoms with Crippen LogP contribution in [0.1, 0.15) is 39.0 Å². The second-order valence-corrected chi connectivity index (χ2v) is 8.66. The zero-order valence-electron chi connectivity index (χ0n) is 10.3. The van der Waals surface area contributed by atoms with E-state index in [1.54, 1.807) is 0 Å². The van der Waals surface area contributed by atoms with Crippen molar-refractivity contribution >= 4 is 25.8 Å². The summed E-state index contributed by atoms with van der Waals surface area (Å²) >= 11 is 3.44. The predicted octanol–water partition coefficient (Wildman–Crippen LogP) is 2.53. The Morgan fingerprint density at radius 3 is 2.65 bits per heavy atom. The predicted molar refractivity (Wildman–Crippen MR) is 72.3 cm³/mol. The van der Waals surface area contributed by atoms with E-state index in [-0.39, 0.29) is 28.5 Å². The van der Waals surface area contributed by atoms with Crippen LogP contribution < -0.4 is 0 Å². The van der Waals surface area contributed by atoms with E-state index >= 15 is 0 Å². The molecule has 1 heterocycles. The lowest BCUT2D eigenvalue weighted by Crippen LogP contribution is -2.32. The third-order valence-electron chi connectivity index (χ3n) is 3.91. The molecule has 4 atom stereocenters. The fourth-order valence-corrected chi connectivity index (χ4v) is 6.29. The SMILES string of the molecule is CCC1CCCC(OC2CS(=O)(=O)CC2Br)C1. The van der Waals surface area contributed by atoms with Crippen LogP contribution in [0.3, 0.4) is 0 Å². The molecule has 4 unspecified atom stereocenters. The summed E-state index contributed by atoms with van der Waals surface area (Å²) in [6, 6.07) is 0. The summed E-state index contributed by atoms with van der Waals surface area (Å²) in [4.78, 5) is -0.0190. The van der Waals surface area contributed by atoms with Crippen molar-refractivity contribution in [3.05, 3.63) is 0 Å². The van der Waals surface area contributed by atoms with Gasteiger partial charge in [-0.2, -0.15) is 0 Å². The zero-order valence-corrected chi connectivity index (χ0v) is 12.7. The molecule has 5 heteroatoms. The largest absolute Gasteiger partial charge is 0.373 e. The minimum absolute atomic E-state index is 0.0190. The molecule has 2 rings (SSSR count). The Bertz CT molecular complexity index is 355. The van der Waals surface area contributed by atoms with Gasteiger partial charge in [-0.1, -0.05) is 42.1 Å². The topological polar surface area (TPSA) is 43.4 Å². The number of sulfone groups is 1. The second-order valence-electron chi connectivity index (χ2n) is 5.33. The molecule has 0 spiro atoms. The van der Waals surface area contributed by atoms with E-state index in [0.29, 0.717) is 0 Å². The molecule has 0 bridgehead atoms. The minimum Gasteiger partial charge on any atom is -0.373 e. The van der Waals surface area contributed by atoms with Crippen LogP contribution in [0.4, 0.5) is 0 Å². The van der Waals surface area contributed by atoms with Crippen LogP contribution in [0.15, 0.2) is 0 Å². The normalized spacial score (nSPS) is 41.5. The van der Waals surface area contributed by atoms with Crippen LogP contribution in [-0.2, 0) is 14.6 Å². The third-order valence-corrected chi connectivity index (χ3v) is 6.96. The number of hydrogen-bond donors (Lipinski definition) is 0. The standard InChI is InChI=1S/C12H21BrO3S/c1-2-9-4-3-5-10(6-9)16-12-8-17(14,15)7-11(12)13/h9-12H,2-8H2,1H3. The van der Waals surface area contributed by atoms with Crippen LogP contribution in [0.5, 0.6) is 0 Å². The van der Waals surface area contributed by atoms with E-state index in [9.17, 15) is 8.42 Å². The van der Waals surface area contributed by atoms with Gasteiger partial charge in [-0.25, -0.2) is 8.42 Å². The monoisotopic (exact) mass is 324 g/mol. The first kappa shape index (κ1) is 13.8. The summed E-state index contributed by atoms with van der Waals surface area (Å²) in [5.41, 5.74) is 0. The van der Waals surface area contributed by atoms with Crippen molar-refractivity contribution in [2.45, 2.75) is 56.1 Å². The van der Waals surface area contributed by atoms with Crippen LogP contribution >= 0.6 is 15.9 Å². The van der Waals surface area contributed by atoms with E-state index in [1.807, 2.05) is 0 Å². The molecule has 100 valence electrons. The zero-order chi connectivity index (χ0) is 12.5. The number of ether oxygens (including phenoxy) is 1. The molecule has 0 aromatic carbocycles. The van der Waals surface area contributed by atoms with Gasteiger partial charge >= 0.3 is 0 Å². The van der Waals surface area contributed by atoms with Crippen molar-refractivity contribution in [3.63, 3.8) is 0 Å². The average Bonchev–Trinajstić information content (AvgIpc) is 2.52. The Kier molecular flexibility index (Phi) is 4.53. The van der Waals surface area contributed by atoms with E-state index in [2.05, 4.69) is 22.9 Å². The van der Waals surface area contributed by atoms with Gasteiger partial charge in [0.05, 0.1) is 28.5 Å². The van der Waals surface area contributed by atoms with Crippen molar-refractivity contribution in [2.24, 2.45) is 5.92 Å². The van der Waals surface area contributed by atoms with Gasteiger partial charge in [-0.15, -0.1) is 0 Å². The van der Waals surface area contributed by atoms with Gasteiger partial charge in [0, 0.05) is 0 Å². The number of halogens is 1. The van der Waals surface area contributed by atoms with E-state index in [1.165, 1.54) is 19.3 Å². The Hall–Kier alpha value is 0.390. The molecule has 0 radical (unpaired) electrons. The van der Waals surface area contributed by atoms with E-state index < -0.39 is 9.84 Å². The first-order valence-corrected chi connectivity index (χ1v) is 9.24. The third kappa shape index (κ3) is 3.67. The molecule has 1 aliphatic carbocycles. The Labute approximate surface area is 112 Å². The fourth-order valence-electron chi connectivity index (χ4n) is 2.88. The van der Waals surface area contributed by atoms with Crippen LogP contribution in [0.25, 0.3) is 0 Å². The van der Waals surface area contributed by atoms with Crippen LogP contribution in [0, 0.1) is 5.92 Å². The van der Waals surface area contributed by atoms with Gasteiger partial charge in [-0.3, -0.25) is 0 Å². The lowest BCUT2D eigenvalue weighted by molar-refractivity contribution is -0.0260. The van der Waals surface area contributed by atoms with Crippen molar-refractivity contribution in [3.8, 4) is 0 Å². The minimum atomic E-state index is -2.89. The maximum atomic E-state index is 11.5. The molecular formula is C12H21BrO3S. The van der Waals surface area contributed by atoms with Crippen LogP contribution in [0.2, 0.25) is 0 Å². The van der Waals surface area contributed by atoms with E-state index in [0.717, 1.165) is 18.8 Å². The smallest absolute Gasteiger partial charge is 0.154 e. The first-order chi connectivity index (χ1) is 8.00. The van der Waals surface area contributed by atoms with Gasteiger partial charge in [0.2, 0.25) is 0 Å². The molecule has 3 nitrogen and oxygen atoms in total. The van der Waals surface area contributed by atoms with Gasteiger partial charge in [0.25, 0.3) is 0 Å². The Morgan fingerprint density at radius 2 is 2.06 bits per heavy atom. The maximum Gasteiger partial charge on any atom is 0.154 e. The lowest BCUT2D eigenvalue weighted by atomic mass is 9.85. The molecule has 0 aromatic rings. The highest BCUT2D eigenvalue weighted by atomic mass is 79.9. The molecule has 2 fully saturated rings. The molecular weight excluding hydrogens is 304 g/mol. The highest BCUT2D eigenvalue weighted by Gasteiger charge is 2.38. The summed E-state index contributed by atoms with van der Waals surface area (Å²) < 4.78 is 29.0. The lowest BCUT2D eigenvalue weighted by Gasteiger charge is -2.31. The average molecular weight is 325 g/mol. The quantitative estimate of drug-likeness (QED) is 0.749. The summed E-state index contributed by atoms with van der Waals surface area (Å²) in [7, 11) is -2.89. The van der Waals surface area contributed by atoms with Gasteiger partial charge in [0.1, 0.15) is 0 Å². The number of alkyl halides is 1. The first-order valence-electron chi connectivity index (χ1n) is 6.50. The number of rotatable bonds is 3. The molecule has 0 aromatic heterocycles. The highest BCUT2D eigenvalue weighted by Crippen LogP contribution is 2.32. The highest BCUT2D eigenvalue weighted by molar-refractivity contribution is 9.09. The molecule has 2 aliphatic rings. The Balaban J connectivity index is 1.89. The second kappa shape index (κ2) is 5.57. The summed E-state index contributed by atoms with van der Waals surface area (Å²) in [6.07, 6.45) is 6.06. The molecule has 0 N–H and O–H groups in total. The summed E-state index contributed by atoms with van der Waals surface area (Å²) in [6.45, 7) is 2.22. The maximum absolute atomic E-state index is 11.5. The Morgan fingerprint density at radius 1 is 1.29 bits per heavy atom. The van der Waals surface area contributed by atoms with Crippen molar-refractivity contribution in [1.82, 2.24) is 0 Å². The number of hydrogen-bond acceptors (Lipinski definition) is 3. The van der Waals surface area contributed by atoms with Crippen LogP contribution in [-0.4, -0.2) is 37.0 Å². The molecule has 1 aliphatic heterocycles. The van der Waals surface area contributed by atoms with Crippen molar-refractivity contribution in [2.75, 3.05) is 11.5 Å². The summed E-state index contributed by atoms with van der Waals surface area (Å²) in [5, 5.41) is 0. The van der Waals surface area contributed by atoms with Gasteiger partial charge < -0.3 is 4.74 Å². The molecule has 1 saturated carbocycles. The van der Waals surface area contributed by atoms with Crippen molar-refractivity contribution < 1.29 is 13.2 Å². The molecule has 17 heavy (non-hydrogen) atoms. The molecule has 1 saturated heterocycles. The van der Waals surface area contributed by atoms with Gasteiger partial charge in [0.15, 0.2) is 9.84 Å².